The predicted molar refractivity (Wildman–Crippen MR) is 95.0 cm³/mol. The third kappa shape index (κ3) is 3.39. The predicted octanol–water partition coefficient (Wildman–Crippen LogP) is 4.88. The largest absolute Gasteiger partial charge is 0.339 e. The maximum absolute atomic E-state index is 12.8. The normalized spacial score (nSPS) is 16.0. The van der Waals surface area contributed by atoms with Crippen LogP contribution in [0.1, 0.15) is 41.6 Å². The molecule has 1 aromatic heterocycles. The van der Waals surface area contributed by atoms with Crippen molar-refractivity contribution in [1.29, 1.82) is 0 Å². The Balaban J connectivity index is 1.67. The van der Waals surface area contributed by atoms with E-state index in [9.17, 15) is 4.79 Å². The van der Waals surface area contributed by atoms with Crippen molar-refractivity contribution >= 4 is 29.0 Å². The number of thioether (sulfide) groups is 1. The van der Waals surface area contributed by atoms with E-state index in [0.29, 0.717) is 5.92 Å². The number of thiophene rings is 1. The summed E-state index contributed by atoms with van der Waals surface area (Å²) >= 11 is 3.51. The lowest BCUT2D eigenvalue weighted by atomic mass is 9.91. The molecule has 22 heavy (non-hydrogen) atoms. The van der Waals surface area contributed by atoms with Gasteiger partial charge in [0.15, 0.2) is 0 Å². The summed E-state index contributed by atoms with van der Waals surface area (Å²) < 4.78 is 0. The lowest BCUT2D eigenvalue weighted by Crippen LogP contribution is -2.38. The zero-order chi connectivity index (χ0) is 15.4. The van der Waals surface area contributed by atoms with Gasteiger partial charge in [-0.15, -0.1) is 11.8 Å². The molecule has 1 aliphatic rings. The van der Waals surface area contributed by atoms with Gasteiger partial charge in [-0.2, -0.15) is 11.3 Å². The number of rotatable bonds is 4. The number of amides is 1. The minimum Gasteiger partial charge on any atom is -0.339 e. The van der Waals surface area contributed by atoms with Crippen LogP contribution in [0.15, 0.2) is 46.0 Å². The van der Waals surface area contributed by atoms with E-state index >= 15 is 0 Å². The van der Waals surface area contributed by atoms with Gasteiger partial charge in [0.1, 0.15) is 0 Å². The number of carbonyl (C=O) groups is 1. The second-order valence-corrected chi connectivity index (χ2v) is 7.64. The molecule has 4 heteroatoms. The first-order valence-corrected chi connectivity index (χ1v) is 9.75. The molecule has 116 valence electrons. The molecule has 1 fully saturated rings. The number of hydrogen-bond acceptors (Lipinski definition) is 3. The summed E-state index contributed by atoms with van der Waals surface area (Å²) in [6.07, 6.45) is 2.15. The molecule has 0 atom stereocenters. The Morgan fingerprint density at radius 2 is 2.05 bits per heavy atom. The molecule has 1 amide bonds. The van der Waals surface area contributed by atoms with Crippen molar-refractivity contribution in [3.8, 4) is 0 Å². The van der Waals surface area contributed by atoms with Crippen molar-refractivity contribution in [3.63, 3.8) is 0 Å². The molecule has 3 rings (SSSR count). The maximum Gasteiger partial charge on any atom is 0.254 e. The monoisotopic (exact) mass is 331 g/mol. The highest BCUT2D eigenvalue weighted by Crippen LogP contribution is 2.31. The Bertz CT molecular complexity index is 616. The second kappa shape index (κ2) is 7.34. The third-order valence-electron chi connectivity index (χ3n) is 4.21. The van der Waals surface area contributed by atoms with E-state index in [1.165, 1.54) is 5.56 Å². The Kier molecular flexibility index (Phi) is 5.21. The van der Waals surface area contributed by atoms with Crippen molar-refractivity contribution in [2.45, 2.75) is 30.6 Å². The average Bonchev–Trinajstić information content (AvgIpc) is 3.10. The first-order chi connectivity index (χ1) is 10.8. The zero-order valence-corrected chi connectivity index (χ0v) is 14.5. The topological polar surface area (TPSA) is 20.3 Å². The summed E-state index contributed by atoms with van der Waals surface area (Å²) in [5.74, 6) is 1.81. The smallest absolute Gasteiger partial charge is 0.254 e. The Labute approximate surface area is 140 Å². The van der Waals surface area contributed by atoms with E-state index in [0.717, 1.165) is 42.1 Å². The number of nitrogens with zero attached hydrogens (tertiary/aromatic N) is 1. The third-order valence-corrected chi connectivity index (χ3v) is 5.87. The van der Waals surface area contributed by atoms with Gasteiger partial charge in [0.25, 0.3) is 5.91 Å². The summed E-state index contributed by atoms with van der Waals surface area (Å²) in [6, 6.07) is 10.2. The lowest BCUT2D eigenvalue weighted by Gasteiger charge is -2.32. The van der Waals surface area contributed by atoms with Gasteiger partial charge >= 0.3 is 0 Å². The van der Waals surface area contributed by atoms with Crippen LogP contribution >= 0.6 is 23.1 Å². The number of benzene rings is 1. The minimum absolute atomic E-state index is 0.195. The van der Waals surface area contributed by atoms with Crippen LogP contribution in [0.25, 0.3) is 0 Å². The molecule has 0 unspecified atom stereocenters. The van der Waals surface area contributed by atoms with Gasteiger partial charge in [-0.05, 0) is 59.0 Å². The molecule has 0 saturated carbocycles. The van der Waals surface area contributed by atoms with Gasteiger partial charge in [0.2, 0.25) is 0 Å². The molecule has 0 aliphatic carbocycles. The highest BCUT2D eigenvalue weighted by Gasteiger charge is 2.25. The van der Waals surface area contributed by atoms with Crippen molar-refractivity contribution < 1.29 is 4.79 Å². The van der Waals surface area contributed by atoms with Gasteiger partial charge in [0.05, 0.1) is 5.56 Å². The van der Waals surface area contributed by atoms with Crippen LogP contribution in [-0.2, 0) is 0 Å². The molecule has 1 aliphatic heterocycles. The summed E-state index contributed by atoms with van der Waals surface area (Å²) in [7, 11) is 0. The van der Waals surface area contributed by atoms with Crippen LogP contribution in [0.4, 0.5) is 0 Å². The van der Waals surface area contributed by atoms with Crippen LogP contribution in [0.2, 0.25) is 0 Å². The van der Waals surface area contributed by atoms with E-state index in [1.807, 2.05) is 23.1 Å². The van der Waals surface area contributed by atoms with Crippen LogP contribution in [0, 0.1) is 0 Å². The van der Waals surface area contributed by atoms with Gasteiger partial charge < -0.3 is 4.90 Å². The van der Waals surface area contributed by atoms with E-state index in [4.69, 9.17) is 0 Å². The molecular formula is C18H21NOS2. The summed E-state index contributed by atoms with van der Waals surface area (Å²) in [5, 5.41) is 4.39. The fourth-order valence-electron chi connectivity index (χ4n) is 3.02. The van der Waals surface area contributed by atoms with E-state index in [1.54, 1.807) is 23.1 Å². The van der Waals surface area contributed by atoms with Crippen LogP contribution < -0.4 is 0 Å². The number of likely N-dealkylation sites (tertiary alicyclic amines) is 1. The molecule has 0 bridgehead atoms. The Morgan fingerprint density at radius 1 is 1.27 bits per heavy atom. The Morgan fingerprint density at radius 3 is 2.73 bits per heavy atom. The number of hydrogen-bond donors (Lipinski definition) is 0. The first kappa shape index (κ1) is 15.6. The Hall–Kier alpha value is -1.26. The van der Waals surface area contributed by atoms with Crippen molar-refractivity contribution in [2.75, 3.05) is 18.8 Å². The summed E-state index contributed by atoms with van der Waals surface area (Å²) in [4.78, 5) is 15.9. The van der Waals surface area contributed by atoms with Gasteiger partial charge in [-0.25, -0.2) is 0 Å². The SMILES string of the molecule is CCSc1ccccc1C(=O)N1CCC(c2ccsc2)CC1. The van der Waals surface area contributed by atoms with Gasteiger partial charge in [-0.3, -0.25) is 4.79 Å². The van der Waals surface area contributed by atoms with Crippen LogP contribution in [0.5, 0.6) is 0 Å². The second-order valence-electron chi connectivity index (χ2n) is 5.55. The molecule has 2 heterocycles. The van der Waals surface area contributed by atoms with Crippen LogP contribution in [-0.4, -0.2) is 29.6 Å². The van der Waals surface area contributed by atoms with Crippen molar-refractivity contribution in [3.05, 3.63) is 52.2 Å². The quantitative estimate of drug-likeness (QED) is 0.744. The fraction of sp³-hybridized carbons (Fsp3) is 0.389. The molecule has 0 spiro atoms. The lowest BCUT2D eigenvalue weighted by molar-refractivity contribution is 0.0709. The zero-order valence-electron chi connectivity index (χ0n) is 12.8. The van der Waals surface area contributed by atoms with Gasteiger partial charge in [-0.1, -0.05) is 19.1 Å². The average molecular weight is 332 g/mol. The van der Waals surface area contributed by atoms with Crippen LogP contribution in [0.3, 0.4) is 0 Å². The molecule has 2 aromatic rings. The minimum atomic E-state index is 0.195. The van der Waals surface area contributed by atoms with Gasteiger partial charge in [0, 0.05) is 18.0 Å². The number of piperidine rings is 1. The van der Waals surface area contributed by atoms with E-state index in [2.05, 4.69) is 29.8 Å². The highest BCUT2D eigenvalue weighted by atomic mass is 32.2. The molecule has 2 nitrogen and oxygen atoms in total. The fourth-order valence-corrected chi connectivity index (χ4v) is 4.56. The molecule has 1 saturated heterocycles. The summed E-state index contributed by atoms with van der Waals surface area (Å²) in [6.45, 7) is 3.85. The standard InChI is InChI=1S/C18H21NOS2/c1-2-22-17-6-4-3-5-16(17)18(20)19-10-7-14(8-11-19)15-9-12-21-13-15/h3-6,9,12-14H,2,7-8,10-11H2,1H3. The first-order valence-electron chi connectivity index (χ1n) is 7.82. The van der Waals surface area contributed by atoms with E-state index < -0.39 is 0 Å². The molecule has 0 N–H and O–H groups in total. The van der Waals surface area contributed by atoms with Crippen molar-refractivity contribution in [2.24, 2.45) is 0 Å². The highest BCUT2D eigenvalue weighted by molar-refractivity contribution is 7.99. The maximum atomic E-state index is 12.8. The van der Waals surface area contributed by atoms with Crippen molar-refractivity contribution in [1.82, 2.24) is 4.90 Å². The number of carbonyl (C=O) groups excluding carboxylic acids is 1. The molecular weight excluding hydrogens is 310 g/mol. The van der Waals surface area contributed by atoms with E-state index in [-0.39, 0.29) is 5.91 Å². The molecule has 0 radical (unpaired) electrons. The summed E-state index contributed by atoms with van der Waals surface area (Å²) in [5.41, 5.74) is 2.31. The molecule has 1 aromatic carbocycles.